The highest BCUT2D eigenvalue weighted by atomic mass is 32.2. The van der Waals surface area contributed by atoms with Gasteiger partial charge in [0.05, 0.1) is 5.75 Å². The Morgan fingerprint density at radius 1 is 1.14 bits per heavy atom. The summed E-state index contributed by atoms with van der Waals surface area (Å²) in [5.41, 5.74) is -0.508. The maximum absolute atomic E-state index is 12.1. The predicted molar refractivity (Wildman–Crippen MR) is 104 cm³/mol. The minimum atomic E-state index is -3.52. The SMILES string of the molecule is Cn1c(=O)c2[nH]c(CCNS(=O)(=O)CCOc3ccccc3)nc2n(C)c1=O. The summed E-state index contributed by atoms with van der Waals surface area (Å²) in [4.78, 5) is 31.2. The molecule has 0 aliphatic rings. The van der Waals surface area contributed by atoms with Gasteiger partial charge in [0.2, 0.25) is 10.0 Å². The smallest absolute Gasteiger partial charge is 0.332 e. The third kappa shape index (κ3) is 4.31. The number of rotatable bonds is 8. The molecule has 2 N–H and O–H groups in total. The van der Waals surface area contributed by atoms with Crippen LogP contribution in [0.4, 0.5) is 0 Å². The predicted octanol–water partition coefficient (Wildman–Crippen LogP) is -0.499. The van der Waals surface area contributed by atoms with Gasteiger partial charge in [0, 0.05) is 27.1 Å². The highest BCUT2D eigenvalue weighted by Crippen LogP contribution is 2.08. The second-order valence-electron chi connectivity index (χ2n) is 6.21. The van der Waals surface area contributed by atoms with E-state index in [0.29, 0.717) is 11.6 Å². The molecule has 0 spiro atoms. The normalized spacial score (nSPS) is 11.8. The molecule has 10 nitrogen and oxygen atoms in total. The van der Waals surface area contributed by atoms with E-state index in [9.17, 15) is 18.0 Å². The van der Waals surface area contributed by atoms with Crippen LogP contribution in [-0.2, 0) is 30.5 Å². The van der Waals surface area contributed by atoms with E-state index in [1.165, 1.54) is 18.7 Å². The van der Waals surface area contributed by atoms with Crippen LogP contribution in [0.1, 0.15) is 5.82 Å². The summed E-state index contributed by atoms with van der Waals surface area (Å²) in [6, 6.07) is 8.95. The van der Waals surface area contributed by atoms with Gasteiger partial charge in [-0.25, -0.2) is 22.9 Å². The van der Waals surface area contributed by atoms with E-state index in [1.54, 1.807) is 24.3 Å². The lowest BCUT2D eigenvalue weighted by molar-refractivity contribution is 0.340. The van der Waals surface area contributed by atoms with Crippen molar-refractivity contribution in [2.45, 2.75) is 6.42 Å². The number of fused-ring (bicyclic) bond motifs is 1. The Labute approximate surface area is 160 Å². The second-order valence-corrected chi connectivity index (χ2v) is 8.14. The van der Waals surface area contributed by atoms with Crippen LogP contribution in [0, 0.1) is 0 Å². The molecule has 3 aromatic rings. The van der Waals surface area contributed by atoms with Crippen LogP contribution in [0.25, 0.3) is 11.2 Å². The highest BCUT2D eigenvalue weighted by Gasteiger charge is 2.14. The van der Waals surface area contributed by atoms with Crippen molar-refractivity contribution in [3.8, 4) is 5.75 Å². The molecule has 0 radical (unpaired) electrons. The van der Waals surface area contributed by atoms with Crippen molar-refractivity contribution in [2.24, 2.45) is 14.1 Å². The van der Waals surface area contributed by atoms with E-state index in [-0.39, 0.29) is 36.5 Å². The van der Waals surface area contributed by atoms with Crippen LogP contribution in [0.2, 0.25) is 0 Å². The zero-order chi connectivity index (χ0) is 20.3. The fourth-order valence-corrected chi connectivity index (χ4v) is 3.54. The van der Waals surface area contributed by atoms with Gasteiger partial charge in [0.1, 0.15) is 23.7 Å². The van der Waals surface area contributed by atoms with Crippen molar-refractivity contribution in [1.29, 1.82) is 0 Å². The third-order valence-electron chi connectivity index (χ3n) is 4.19. The third-order valence-corrected chi connectivity index (χ3v) is 5.54. The molecular formula is C17H21N5O5S. The number of aromatic nitrogens is 4. The maximum Gasteiger partial charge on any atom is 0.332 e. The summed E-state index contributed by atoms with van der Waals surface area (Å²) in [6.07, 6.45) is 0.241. The minimum Gasteiger partial charge on any atom is -0.492 e. The second kappa shape index (κ2) is 7.98. The molecule has 0 fully saturated rings. The lowest BCUT2D eigenvalue weighted by Crippen LogP contribution is -2.36. The summed E-state index contributed by atoms with van der Waals surface area (Å²) in [5.74, 6) is 0.834. The van der Waals surface area contributed by atoms with Crippen LogP contribution in [0.15, 0.2) is 39.9 Å². The first kappa shape index (κ1) is 19.8. The molecule has 28 heavy (non-hydrogen) atoms. The van der Waals surface area contributed by atoms with E-state index in [0.717, 1.165) is 4.57 Å². The largest absolute Gasteiger partial charge is 0.492 e. The van der Waals surface area contributed by atoms with Gasteiger partial charge >= 0.3 is 5.69 Å². The van der Waals surface area contributed by atoms with E-state index in [4.69, 9.17) is 4.74 Å². The zero-order valence-electron chi connectivity index (χ0n) is 15.5. The standard InChI is InChI=1S/C17H21N5O5S/c1-21-15-14(16(23)22(2)17(21)24)19-13(20-15)8-9-18-28(25,26)11-10-27-12-6-4-3-5-7-12/h3-7,18H,8-11H2,1-2H3,(H,19,20). The number of nitrogens with zero attached hydrogens (tertiary/aromatic N) is 3. The monoisotopic (exact) mass is 407 g/mol. The number of para-hydroxylation sites is 1. The first-order valence-corrected chi connectivity index (χ1v) is 10.2. The van der Waals surface area contributed by atoms with Crippen molar-refractivity contribution in [2.75, 3.05) is 18.9 Å². The molecule has 0 bridgehead atoms. The van der Waals surface area contributed by atoms with Crippen LogP contribution in [0.3, 0.4) is 0 Å². The summed E-state index contributed by atoms with van der Waals surface area (Å²) in [7, 11) is -0.616. The lowest BCUT2D eigenvalue weighted by Gasteiger charge is -2.07. The number of benzene rings is 1. The molecule has 0 saturated carbocycles. The molecular weight excluding hydrogens is 386 g/mol. The van der Waals surface area contributed by atoms with Gasteiger partial charge in [0.25, 0.3) is 5.56 Å². The number of hydrogen-bond donors (Lipinski definition) is 2. The van der Waals surface area contributed by atoms with Crippen LogP contribution < -0.4 is 20.7 Å². The van der Waals surface area contributed by atoms with Crippen LogP contribution in [-0.4, -0.2) is 46.4 Å². The molecule has 2 heterocycles. The Kier molecular flexibility index (Phi) is 5.66. The first-order chi connectivity index (χ1) is 13.3. The summed E-state index contributed by atoms with van der Waals surface area (Å²) in [6.45, 7) is 0.129. The zero-order valence-corrected chi connectivity index (χ0v) is 16.3. The average molecular weight is 407 g/mol. The first-order valence-electron chi connectivity index (χ1n) is 8.58. The summed E-state index contributed by atoms with van der Waals surface area (Å²) >= 11 is 0. The molecule has 2 aromatic heterocycles. The van der Waals surface area contributed by atoms with Gasteiger partial charge in [-0.1, -0.05) is 18.2 Å². The van der Waals surface area contributed by atoms with Gasteiger partial charge in [-0.05, 0) is 12.1 Å². The fourth-order valence-electron chi connectivity index (χ4n) is 2.68. The number of aromatic amines is 1. The lowest BCUT2D eigenvalue weighted by atomic mass is 10.3. The molecule has 150 valence electrons. The average Bonchev–Trinajstić information content (AvgIpc) is 3.09. The van der Waals surface area contributed by atoms with E-state index >= 15 is 0 Å². The molecule has 3 rings (SSSR count). The number of ether oxygens (including phenoxy) is 1. The minimum absolute atomic E-state index is 0.0299. The summed E-state index contributed by atoms with van der Waals surface area (Å²) < 4.78 is 34.2. The van der Waals surface area contributed by atoms with Crippen LogP contribution >= 0.6 is 0 Å². The van der Waals surface area contributed by atoms with Gasteiger partial charge in [-0.15, -0.1) is 0 Å². The Morgan fingerprint density at radius 2 is 1.86 bits per heavy atom. The van der Waals surface area contributed by atoms with Gasteiger partial charge < -0.3 is 9.72 Å². The van der Waals surface area contributed by atoms with E-state index in [2.05, 4.69) is 14.7 Å². The topological polar surface area (TPSA) is 128 Å². The van der Waals surface area contributed by atoms with Crippen molar-refractivity contribution in [3.05, 3.63) is 57.0 Å². The van der Waals surface area contributed by atoms with Crippen molar-refractivity contribution in [3.63, 3.8) is 0 Å². The molecule has 0 aliphatic heterocycles. The number of nitrogens with one attached hydrogen (secondary N) is 2. The van der Waals surface area contributed by atoms with Crippen LogP contribution in [0.5, 0.6) is 5.75 Å². The Morgan fingerprint density at radius 3 is 2.57 bits per heavy atom. The maximum atomic E-state index is 12.1. The van der Waals surface area contributed by atoms with Gasteiger partial charge in [-0.2, -0.15) is 0 Å². The summed E-state index contributed by atoms with van der Waals surface area (Å²) in [5, 5.41) is 0. The Bertz CT molecular complexity index is 1190. The number of hydrogen-bond acceptors (Lipinski definition) is 6. The molecule has 1 aromatic carbocycles. The molecule has 0 saturated heterocycles. The Balaban J connectivity index is 1.58. The number of H-pyrrole nitrogens is 1. The number of sulfonamides is 1. The Hall–Kier alpha value is -2.92. The van der Waals surface area contributed by atoms with Crippen molar-refractivity contribution in [1.82, 2.24) is 23.8 Å². The fraction of sp³-hybridized carbons (Fsp3) is 0.353. The molecule has 0 aliphatic carbocycles. The highest BCUT2D eigenvalue weighted by molar-refractivity contribution is 7.89. The van der Waals surface area contributed by atoms with Crippen molar-refractivity contribution < 1.29 is 13.2 Å². The van der Waals surface area contributed by atoms with Crippen molar-refractivity contribution >= 4 is 21.2 Å². The van der Waals surface area contributed by atoms with E-state index < -0.39 is 21.3 Å². The molecule has 0 atom stereocenters. The molecule has 0 amide bonds. The molecule has 11 heteroatoms. The number of imidazole rings is 1. The molecule has 0 unspecified atom stereocenters. The van der Waals surface area contributed by atoms with E-state index in [1.807, 2.05) is 6.07 Å². The number of aryl methyl sites for hydroxylation is 1. The van der Waals surface area contributed by atoms with Gasteiger partial charge in [-0.3, -0.25) is 13.9 Å². The quantitative estimate of drug-likeness (QED) is 0.518. The van der Waals surface area contributed by atoms with Gasteiger partial charge in [0.15, 0.2) is 5.65 Å².